The average molecular weight is 712 g/mol. The SMILES string of the molecule is C=CCC[C@H](NC(=O)OCC1c2ccccc2-c2ccccc21)C(=O)OC[C@@H](Cc1ccccc1)NC(=O)[C@H](CC=C)CC(=O)NCCOCCO. The predicted molar refractivity (Wildman–Crippen MR) is 198 cm³/mol. The first kappa shape index (κ1) is 39.5. The van der Waals surface area contributed by atoms with E-state index in [0.717, 1.165) is 27.8 Å². The quantitative estimate of drug-likeness (QED) is 0.0657. The molecule has 3 aromatic rings. The minimum Gasteiger partial charge on any atom is -0.462 e. The van der Waals surface area contributed by atoms with Gasteiger partial charge >= 0.3 is 12.1 Å². The van der Waals surface area contributed by atoms with Crippen LogP contribution in [0.4, 0.5) is 4.79 Å². The fourth-order valence-corrected chi connectivity index (χ4v) is 6.18. The Kier molecular flexibility index (Phi) is 16.1. The number of aliphatic hydroxyl groups is 1. The average Bonchev–Trinajstić information content (AvgIpc) is 3.48. The monoisotopic (exact) mass is 711 g/mol. The molecule has 0 aliphatic heterocycles. The first-order valence-electron chi connectivity index (χ1n) is 17.6. The summed E-state index contributed by atoms with van der Waals surface area (Å²) in [6, 6.07) is 23.8. The number of ether oxygens (including phenoxy) is 3. The summed E-state index contributed by atoms with van der Waals surface area (Å²) in [5.41, 5.74) is 5.27. The first-order chi connectivity index (χ1) is 25.3. The smallest absolute Gasteiger partial charge is 0.407 e. The van der Waals surface area contributed by atoms with Crippen LogP contribution in [0.3, 0.4) is 0 Å². The number of carbonyl (C=O) groups excluding carboxylic acids is 4. The van der Waals surface area contributed by atoms with Gasteiger partial charge in [0.05, 0.1) is 31.8 Å². The molecule has 3 aromatic carbocycles. The predicted octanol–water partition coefficient (Wildman–Crippen LogP) is 4.84. The van der Waals surface area contributed by atoms with Gasteiger partial charge in [0.2, 0.25) is 11.8 Å². The van der Waals surface area contributed by atoms with Crippen molar-refractivity contribution in [3.63, 3.8) is 0 Å². The molecule has 1 aliphatic rings. The van der Waals surface area contributed by atoms with Gasteiger partial charge in [-0.2, -0.15) is 0 Å². The van der Waals surface area contributed by atoms with E-state index in [1.54, 1.807) is 12.2 Å². The van der Waals surface area contributed by atoms with E-state index in [-0.39, 0.29) is 76.6 Å². The molecule has 52 heavy (non-hydrogen) atoms. The highest BCUT2D eigenvalue weighted by Gasteiger charge is 2.31. The molecule has 0 radical (unpaired) electrons. The van der Waals surface area contributed by atoms with Crippen LogP contribution >= 0.6 is 0 Å². The number of benzene rings is 3. The van der Waals surface area contributed by atoms with E-state index in [4.69, 9.17) is 19.3 Å². The lowest BCUT2D eigenvalue weighted by Gasteiger charge is -2.24. The van der Waals surface area contributed by atoms with Crippen LogP contribution in [0, 0.1) is 5.92 Å². The van der Waals surface area contributed by atoms with Gasteiger partial charge in [0.1, 0.15) is 19.3 Å². The summed E-state index contributed by atoms with van der Waals surface area (Å²) in [7, 11) is 0. The zero-order valence-electron chi connectivity index (χ0n) is 29.5. The Morgan fingerprint density at radius 2 is 1.50 bits per heavy atom. The maximum atomic E-state index is 13.5. The van der Waals surface area contributed by atoms with Crippen molar-refractivity contribution in [1.82, 2.24) is 16.0 Å². The second kappa shape index (κ2) is 21.2. The highest BCUT2D eigenvalue weighted by atomic mass is 16.6. The molecule has 0 heterocycles. The van der Waals surface area contributed by atoms with E-state index in [0.29, 0.717) is 12.8 Å². The molecule has 0 unspecified atom stereocenters. The number of aliphatic hydroxyl groups excluding tert-OH is 1. The molecule has 11 nitrogen and oxygen atoms in total. The van der Waals surface area contributed by atoms with E-state index in [1.165, 1.54) is 0 Å². The zero-order chi connectivity index (χ0) is 37.1. The first-order valence-corrected chi connectivity index (χ1v) is 17.6. The molecule has 276 valence electrons. The number of esters is 1. The molecular weight excluding hydrogens is 662 g/mol. The molecule has 4 rings (SSSR count). The van der Waals surface area contributed by atoms with Crippen LogP contribution in [-0.4, -0.2) is 80.6 Å². The van der Waals surface area contributed by atoms with E-state index < -0.39 is 30.1 Å². The lowest BCUT2D eigenvalue weighted by molar-refractivity contribution is -0.147. The van der Waals surface area contributed by atoms with E-state index >= 15 is 0 Å². The fourth-order valence-electron chi connectivity index (χ4n) is 6.18. The molecule has 0 spiro atoms. The highest BCUT2D eigenvalue weighted by Crippen LogP contribution is 2.44. The number of rotatable bonds is 22. The second-order valence-electron chi connectivity index (χ2n) is 12.5. The van der Waals surface area contributed by atoms with Crippen molar-refractivity contribution >= 4 is 23.9 Å². The molecule has 1 aliphatic carbocycles. The third kappa shape index (κ3) is 11.9. The summed E-state index contributed by atoms with van der Waals surface area (Å²) < 4.78 is 16.6. The third-order valence-electron chi connectivity index (χ3n) is 8.74. The van der Waals surface area contributed by atoms with Crippen LogP contribution in [0.2, 0.25) is 0 Å². The zero-order valence-corrected chi connectivity index (χ0v) is 29.5. The second-order valence-corrected chi connectivity index (χ2v) is 12.5. The number of nitrogens with one attached hydrogen (secondary N) is 3. The minimum atomic E-state index is -1.01. The normalized spacial score (nSPS) is 13.4. The summed E-state index contributed by atoms with van der Waals surface area (Å²) in [6.07, 6.45) is 3.69. The summed E-state index contributed by atoms with van der Waals surface area (Å²) in [5.74, 6) is -2.23. The Morgan fingerprint density at radius 1 is 0.827 bits per heavy atom. The Balaban J connectivity index is 1.37. The number of hydrogen-bond donors (Lipinski definition) is 4. The van der Waals surface area contributed by atoms with Gasteiger partial charge in [-0.15, -0.1) is 13.2 Å². The molecule has 11 heteroatoms. The van der Waals surface area contributed by atoms with E-state index in [1.807, 2.05) is 66.7 Å². The molecule has 3 atom stereocenters. The number of carbonyl (C=O) groups is 4. The van der Waals surface area contributed by atoms with Gasteiger partial charge < -0.3 is 35.3 Å². The van der Waals surface area contributed by atoms with Crippen LogP contribution in [0.1, 0.15) is 48.3 Å². The number of amides is 3. The van der Waals surface area contributed by atoms with E-state index in [2.05, 4.69) is 41.2 Å². The fraction of sp³-hybridized carbons (Fsp3) is 0.366. The van der Waals surface area contributed by atoms with Crippen molar-refractivity contribution in [1.29, 1.82) is 0 Å². The highest BCUT2D eigenvalue weighted by molar-refractivity contribution is 5.86. The molecule has 3 amide bonds. The maximum absolute atomic E-state index is 13.5. The van der Waals surface area contributed by atoms with Gasteiger partial charge in [0, 0.05) is 18.9 Å². The molecule has 0 fully saturated rings. The molecular formula is C41H49N3O8. The van der Waals surface area contributed by atoms with Gasteiger partial charge in [0.15, 0.2) is 0 Å². The Labute approximate surface area is 305 Å². The van der Waals surface area contributed by atoms with Crippen LogP contribution in [0.5, 0.6) is 0 Å². The Hall–Kier alpha value is -5.26. The Bertz CT molecular complexity index is 1600. The van der Waals surface area contributed by atoms with Gasteiger partial charge in [-0.05, 0) is 53.5 Å². The lowest BCUT2D eigenvalue weighted by Crippen LogP contribution is -2.47. The largest absolute Gasteiger partial charge is 0.462 e. The summed E-state index contributed by atoms with van der Waals surface area (Å²) in [6.45, 7) is 7.94. The van der Waals surface area contributed by atoms with E-state index in [9.17, 15) is 19.2 Å². The van der Waals surface area contributed by atoms with Crippen molar-refractivity contribution in [3.8, 4) is 11.1 Å². The van der Waals surface area contributed by atoms with Gasteiger partial charge in [-0.25, -0.2) is 9.59 Å². The standard InChI is InChI=1S/C41H49N3O8/c1-3-5-20-37(44-41(49)52-28-36-34-18-11-9-16-32(34)33-17-10-12-19-35(33)36)40(48)51-27-31(25-29-14-7-6-8-15-29)43-39(47)30(13-4-2)26-38(46)42-21-23-50-24-22-45/h3-4,6-12,14-19,30-31,36-37,45H,1-2,5,13,20-28H2,(H,42,46)(H,43,47)(H,44,49)/t30-,31-,37+/m1/s1. The molecule has 0 saturated heterocycles. The number of alkyl carbamates (subject to hydrolysis) is 1. The van der Waals surface area contributed by atoms with Crippen molar-refractivity contribution < 1.29 is 38.5 Å². The number of hydrogen-bond acceptors (Lipinski definition) is 8. The summed E-state index contributed by atoms with van der Waals surface area (Å²) in [5, 5.41) is 17.2. The number of fused-ring (bicyclic) bond motifs is 3. The minimum absolute atomic E-state index is 0.0800. The van der Waals surface area contributed by atoms with Crippen LogP contribution in [-0.2, 0) is 35.0 Å². The maximum Gasteiger partial charge on any atom is 0.407 e. The molecule has 0 saturated carbocycles. The van der Waals surface area contributed by atoms with Gasteiger partial charge in [-0.3, -0.25) is 9.59 Å². The number of allylic oxidation sites excluding steroid dienone is 2. The lowest BCUT2D eigenvalue weighted by atomic mass is 9.98. The van der Waals surface area contributed by atoms with Crippen molar-refractivity contribution in [2.75, 3.05) is 39.6 Å². The van der Waals surface area contributed by atoms with Gasteiger partial charge in [0.25, 0.3) is 0 Å². The molecule has 4 N–H and O–H groups in total. The summed E-state index contributed by atoms with van der Waals surface area (Å²) in [4.78, 5) is 52.6. The molecule has 0 bridgehead atoms. The van der Waals surface area contributed by atoms with Crippen LogP contribution in [0.25, 0.3) is 11.1 Å². The van der Waals surface area contributed by atoms with Crippen LogP contribution in [0.15, 0.2) is 104 Å². The molecule has 0 aromatic heterocycles. The van der Waals surface area contributed by atoms with Crippen molar-refractivity contribution in [3.05, 3.63) is 121 Å². The van der Waals surface area contributed by atoms with Gasteiger partial charge in [-0.1, -0.05) is 91.0 Å². The Morgan fingerprint density at radius 3 is 2.15 bits per heavy atom. The van der Waals surface area contributed by atoms with Crippen molar-refractivity contribution in [2.24, 2.45) is 5.92 Å². The van der Waals surface area contributed by atoms with Crippen LogP contribution < -0.4 is 16.0 Å². The third-order valence-corrected chi connectivity index (χ3v) is 8.74. The van der Waals surface area contributed by atoms with Crippen molar-refractivity contribution in [2.45, 2.75) is 50.1 Å². The summed E-state index contributed by atoms with van der Waals surface area (Å²) >= 11 is 0. The topological polar surface area (TPSA) is 152 Å².